The summed E-state index contributed by atoms with van der Waals surface area (Å²) in [6, 6.07) is 7.62. The minimum atomic E-state index is -0.0492. The van der Waals surface area contributed by atoms with Crippen molar-refractivity contribution >= 4 is 0 Å². The lowest BCUT2D eigenvalue weighted by atomic mass is 9.98. The smallest absolute Gasteiger partial charge is 0.204 e. The first kappa shape index (κ1) is 10.7. The van der Waals surface area contributed by atoms with Gasteiger partial charge < -0.3 is 10.8 Å². The number of aromatic amines is 1. The summed E-state index contributed by atoms with van der Waals surface area (Å²) in [5.74, 6) is 0.488. The molecule has 6 heteroatoms. The van der Waals surface area contributed by atoms with Gasteiger partial charge >= 0.3 is 0 Å². The second kappa shape index (κ2) is 4.82. The maximum atomic E-state index is 9.17. The Bertz CT molecular complexity index is 438. The Morgan fingerprint density at radius 2 is 2.31 bits per heavy atom. The third-order valence-corrected chi connectivity index (χ3v) is 2.47. The Morgan fingerprint density at radius 3 is 2.94 bits per heavy atom. The van der Waals surface area contributed by atoms with E-state index in [1.165, 1.54) is 0 Å². The summed E-state index contributed by atoms with van der Waals surface area (Å²) in [4.78, 5) is 0. The molecule has 1 atom stereocenters. The molecule has 84 valence electrons. The van der Waals surface area contributed by atoms with Crippen molar-refractivity contribution in [2.24, 2.45) is 5.73 Å². The van der Waals surface area contributed by atoms with Gasteiger partial charge in [0.2, 0.25) is 5.82 Å². The number of aliphatic hydroxyl groups excluding tert-OH is 1. The van der Waals surface area contributed by atoms with Gasteiger partial charge in [0.1, 0.15) is 0 Å². The first-order valence-electron chi connectivity index (χ1n) is 5.00. The molecule has 0 spiro atoms. The predicted octanol–water partition coefficient (Wildman–Crippen LogP) is -0.0987. The van der Waals surface area contributed by atoms with Gasteiger partial charge in [-0.2, -0.15) is 5.21 Å². The monoisotopic (exact) mass is 219 g/mol. The zero-order valence-corrected chi connectivity index (χ0v) is 8.67. The lowest BCUT2D eigenvalue weighted by Crippen LogP contribution is -2.15. The maximum absolute atomic E-state index is 9.17. The molecular weight excluding hydrogens is 206 g/mol. The van der Waals surface area contributed by atoms with Gasteiger partial charge in [-0.1, -0.05) is 18.2 Å². The van der Waals surface area contributed by atoms with Crippen LogP contribution in [0.5, 0.6) is 0 Å². The van der Waals surface area contributed by atoms with E-state index in [1.807, 2.05) is 24.3 Å². The van der Waals surface area contributed by atoms with Crippen molar-refractivity contribution in [3.8, 4) is 11.4 Å². The first-order valence-corrected chi connectivity index (χ1v) is 5.00. The summed E-state index contributed by atoms with van der Waals surface area (Å²) in [5.41, 5.74) is 7.41. The second-order valence-electron chi connectivity index (χ2n) is 3.48. The molecule has 16 heavy (non-hydrogen) atoms. The van der Waals surface area contributed by atoms with E-state index in [9.17, 15) is 5.11 Å². The van der Waals surface area contributed by atoms with Gasteiger partial charge in [-0.05, 0) is 16.8 Å². The highest BCUT2D eigenvalue weighted by Gasteiger charge is 2.10. The number of nitrogens with one attached hydrogen (secondary N) is 1. The highest BCUT2D eigenvalue weighted by atomic mass is 16.3. The van der Waals surface area contributed by atoms with Gasteiger partial charge in [-0.25, -0.2) is 0 Å². The van der Waals surface area contributed by atoms with Crippen LogP contribution in [0.25, 0.3) is 11.4 Å². The Morgan fingerprint density at radius 1 is 1.44 bits per heavy atom. The fourth-order valence-corrected chi connectivity index (χ4v) is 1.53. The van der Waals surface area contributed by atoms with Crippen LogP contribution < -0.4 is 5.73 Å². The molecule has 0 saturated heterocycles. The molecule has 0 radical (unpaired) electrons. The summed E-state index contributed by atoms with van der Waals surface area (Å²) in [6.07, 6.45) is 0. The number of H-pyrrole nitrogens is 1. The zero-order valence-electron chi connectivity index (χ0n) is 8.67. The van der Waals surface area contributed by atoms with Gasteiger partial charge in [-0.15, -0.1) is 10.2 Å². The summed E-state index contributed by atoms with van der Waals surface area (Å²) in [5, 5.41) is 22.9. The number of nitrogens with two attached hydrogens (primary N) is 1. The molecule has 0 aliphatic carbocycles. The average molecular weight is 219 g/mol. The molecule has 0 amide bonds. The maximum Gasteiger partial charge on any atom is 0.204 e. The van der Waals surface area contributed by atoms with Crippen LogP contribution in [0.4, 0.5) is 0 Å². The fraction of sp³-hybridized carbons (Fsp3) is 0.300. The molecule has 0 aliphatic heterocycles. The van der Waals surface area contributed by atoms with E-state index in [0.29, 0.717) is 12.4 Å². The standard InChI is InChI=1S/C10H13N5O/c11-5-9(6-16)7-2-1-3-8(4-7)10-12-14-15-13-10/h1-4,9,16H,5-6,11H2,(H,12,13,14,15). The molecule has 6 nitrogen and oxygen atoms in total. The zero-order chi connectivity index (χ0) is 11.4. The van der Waals surface area contributed by atoms with Gasteiger partial charge in [0.15, 0.2) is 0 Å². The highest BCUT2D eigenvalue weighted by molar-refractivity contribution is 5.55. The number of benzene rings is 1. The third-order valence-electron chi connectivity index (χ3n) is 2.47. The van der Waals surface area contributed by atoms with Crippen LogP contribution >= 0.6 is 0 Å². The molecule has 2 rings (SSSR count). The Labute approximate surface area is 92.5 Å². The van der Waals surface area contributed by atoms with Crippen molar-refractivity contribution < 1.29 is 5.11 Å². The molecule has 1 heterocycles. The minimum absolute atomic E-state index is 0.0339. The van der Waals surface area contributed by atoms with E-state index in [2.05, 4.69) is 20.6 Å². The van der Waals surface area contributed by atoms with Crippen molar-refractivity contribution in [2.75, 3.05) is 13.2 Å². The number of rotatable bonds is 4. The van der Waals surface area contributed by atoms with Crippen molar-refractivity contribution in [1.29, 1.82) is 0 Å². The number of hydrogen-bond donors (Lipinski definition) is 3. The first-order chi connectivity index (χ1) is 7.85. The number of tetrazole rings is 1. The molecule has 4 N–H and O–H groups in total. The molecule has 0 aliphatic rings. The number of aromatic nitrogens is 4. The van der Waals surface area contributed by atoms with Crippen molar-refractivity contribution in [1.82, 2.24) is 20.6 Å². The van der Waals surface area contributed by atoms with E-state index in [0.717, 1.165) is 11.1 Å². The lowest BCUT2D eigenvalue weighted by Gasteiger charge is -2.12. The fourth-order valence-electron chi connectivity index (χ4n) is 1.53. The molecule has 1 aromatic heterocycles. The largest absolute Gasteiger partial charge is 0.396 e. The quantitative estimate of drug-likeness (QED) is 0.666. The van der Waals surface area contributed by atoms with Crippen molar-refractivity contribution in [3.63, 3.8) is 0 Å². The van der Waals surface area contributed by atoms with Gasteiger partial charge in [-0.3, -0.25) is 0 Å². The summed E-state index contributed by atoms with van der Waals surface area (Å²) < 4.78 is 0. The van der Waals surface area contributed by atoms with Gasteiger partial charge in [0, 0.05) is 18.0 Å². The van der Waals surface area contributed by atoms with Crippen molar-refractivity contribution in [2.45, 2.75) is 5.92 Å². The predicted molar refractivity (Wildman–Crippen MR) is 58.5 cm³/mol. The topological polar surface area (TPSA) is 101 Å². The number of aliphatic hydroxyl groups is 1. The summed E-state index contributed by atoms with van der Waals surface area (Å²) in [7, 11) is 0. The molecule has 0 fully saturated rings. The van der Waals surface area contributed by atoms with Crippen LogP contribution in [0.3, 0.4) is 0 Å². The van der Waals surface area contributed by atoms with Crippen LogP contribution in [0.2, 0.25) is 0 Å². The summed E-state index contributed by atoms with van der Waals surface area (Å²) >= 11 is 0. The SMILES string of the molecule is NCC(CO)c1cccc(-c2nn[nH]n2)c1. The van der Waals surface area contributed by atoms with Gasteiger partial charge in [0.25, 0.3) is 0 Å². The van der Waals surface area contributed by atoms with E-state index < -0.39 is 0 Å². The van der Waals surface area contributed by atoms with Crippen LogP contribution in [0.15, 0.2) is 24.3 Å². The van der Waals surface area contributed by atoms with Crippen molar-refractivity contribution in [3.05, 3.63) is 29.8 Å². The van der Waals surface area contributed by atoms with E-state index in [4.69, 9.17) is 5.73 Å². The molecule has 0 saturated carbocycles. The van der Waals surface area contributed by atoms with E-state index in [-0.39, 0.29) is 12.5 Å². The molecule has 0 bridgehead atoms. The molecular formula is C10H13N5O. The van der Waals surface area contributed by atoms with Crippen LogP contribution in [-0.2, 0) is 0 Å². The molecule has 1 aromatic carbocycles. The van der Waals surface area contributed by atoms with E-state index >= 15 is 0 Å². The van der Waals surface area contributed by atoms with Crippen LogP contribution in [0.1, 0.15) is 11.5 Å². The van der Waals surface area contributed by atoms with Gasteiger partial charge in [0.05, 0.1) is 6.61 Å². The normalized spacial score (nSPS) is 12.6. The average Bonchev–Trinajstić information content (AvgIpc) is 2.85. The number of nitrogens with zero attached hydrogens (tertiary/aromatic N) is 3. The molecule has 2 aromatic rings. The van der Waals surface area contributed by atoms with Crippen LogP contribution in [0, 0.1) is 0 Å². The Kier molecular flexibility index (Phi) is 3.23. The Balaban J connectivity index is 2.33. The third kappa shape index (κ3) is 2.07. The highest BCUT2D eigenvalue weighted by Crippen LogP contribution is 2.20. The summed E-state index contributed by atoms with van der Waals surface area (Å²) in [6.45, 7) is 0.443. The lowest BCUT2D eigenvalue weighted by molar-refractivity contribution is 0.268. The molecule has 1 unspecified atom stereocenters. The second-order valence-corrected chi connectivity index (χ2v) is 3.48. The van der Waals surface area contributed by atoms with Crippen LogP contribution in [-0.4, -0.2) is 38.9 Å². The van der Waals surface area contributed by atoms with E-state index in [1.54, 1.807) is 0 Å². The Hall–Kier alpha value is -1.79. The minimum Gasteiger partial charge on any atom is -0.396 e. The number of hydrogen-bond acceptors (Lipinski definition) is 5.